The van der Waals surface area contributed by atoms with Crippen molar-refractivity contribution >= 4 is 0 Å². The van der Waals surface area contributed by atoms with Gasteiger partial charge in [-0.1, -0.05) is 6.07 Å². The summed E-state index contributed by atoms with van der Waals surface area (Å²) in [5.41, 5.74) is 5.30. The summed E-state index contributed by atoms with van der Waals surface area (Å²) in [6.07, 6.45) is 6.19. The number of hydrogen-bond acceptors (Lipinski definition) is 1. The molecule has 1 N–H and O–H groups in total. The molecule has 0 unspecified atom stereocenters. The van der Waals surface area contributed by atoms with E-state index in [2.05, 4.69) is 13.0 Å². The molecule has 0 aliphatic heterocycles. The lowest BCUT2D eigenvalue weighted by Crippen LogP contribution is -1.93. The first-order valence-electron chi connectivity index (χ1n) is 5.61. The molecule has 0 aromatic heterocycles. The fourth-order valence-corrected chi connectivity index (χ4v) is 2.68. The van der Waals surface area contributed by atoms with Crippen LogP contribution in [0, 0.1) is 6.92 Å². The van der Waals surface area contributed by atoms with Crippen LogP contribution < -0.4 is 0 Å². The Bertz CT molecular complexity index is 389. The molecule has 74 valence electrons. The van der Waals surface area contributed by atoms with Crippen molar-refractivity contribution in [3.8, 4) is 5.75 Å². The zero-order valence-corrected chi connectivity index (χ0v) is 8.64. The molecule has 2 aliphatic rings. The Morgan fingerprint density at radius 1 is 1.29 bits per heavy atom. The summed E-state index contributed by atoms with van der Waals surface area (Å²) in [6, 6.07) is 2.27. The molecule has 1 aromatic carbocycles. The maximum absolute atomic E-state index is 10.1. The van der Waals surface area contributed by atoms with Gasteiger partial charge in [0.15, 0.2) is 0 Å². The van der Waals surface area contributed by atoms with Crippen molar-refractivity contribution in [3.63, 3.8) is 0 Å². The predicted molar refractivity (Wildman–Crippen MR) is 56.8 cm³/mol. The van der Waals surface area contributed by atoms with Crippen LogP contribution in [0.15, 0.2) is 6.07 Å². The average Bonchev–Trinajstić information content (AvgIpc) is 2.91. The van der Waals surface area contributed by atoms with Crippen LogP contribution in [-0.4, -0.2) is 5.11 Å². The van der Waals surface area contributed by atoms with Crippen LogP contribution in [0.25, 0.3) is 0 Å². The minimum absolute atomic E-state index is 0.591. The number of rotatable bonds is 1. The highest BCUT2D eigenvalue weighted by Crippen LogP contribution is 2.47. The first-order chi connectivity index (χ1) is 6.77. The molecule has 0 bridgehead atoms. The number of phenols is 1. The molecule has 2 aliphatic carbocycles. The monoisotopic (exact) mass is 188 g/mol. The van der Waals surface area contributed by atoms with Crippen LogP contribution >= 0.6 is 0 Å². The predicted octanol–water partition coefficient (Wildman–Crippen LogP) is 3.07. The second-order valence-corrected chi connectivity index (χ2v) is 4.70. The van der Waals surface area contributed by atoms with E-state index in [9.17, 15) is 5.11 Å². The van der Waals surface area contributed by atoms with Gasteiger partial charge in [-0.05, 0) is 67.2 Å². The fraction of sp³-hybridized carbons (Fsp3) is 0.538. The summed E-state index contributed by atoms with van der Waals surface area (Å²) in [4.78, 5) is 0. The zero-order chi connectivity index (χ0) is 9.71. The van der Waals surface area contributed by atoms with Crippen molar-refractivity contribution in [1.29, 1.82) is 0 Å². The van der Waals surface area contributed by atoms with Crippen LogP contribution in [0.4, 0.5) is 0 Å². The Kier molecular flexibility index (Phi) is 1.64. The van der Waals surface area contributed by atoms with Gasteiger partial charge in [-0.15, -0.1) is 0 Å². The molecule has 0 saturated heterocycles. The molecule has 0 radical (unpaired) electrons. The van der Waals surface area contributed by atoms with E-state index in [1.165, 1.54) is 48.8 Å². The summed E-state index contributed by atoms with van der Waals surface area (Å²) in [6.45, 7) is 2.07. The summed E-state index contributed by atoms with van der Waals surface area (Å²) in [7, 11) is 0. The van der Waals surface area contributed by atoms with E-state index in [0.29, 0.717) is 11.7 Å². The largest absolute Gasteiger partial charge is 0.507 e. The molecule has 1 nitrogen and oxygen atoms in total. The molecule has 1 saturated carbocycles. The summed E-state index contributed by atoms with van der Waals surface area (Å²) < 4.78 is 0. The van der Waals surface area contributed by atoms with Crippen molar-refractivity contribution < 1.29 is 5.11 Å². The maximum atomic E-state index is 10.1. The molecular weight excluding hydrogens is 172 g/mol. The summed E-state index contributed by atoms with van der Waals surface area (Å²) in [5.74, 6) is 1.26. The Balaban J connectivity index is 2.18. The molecule has 14 heavy (non-hydrogen) atoms. The van der Waals surface area contributed by atoms with Crippen LogP contribution in [0.1, 0.15) is 47.4 Å². The molecule has 1 aromatic rings. The Morgan fingerprint density at radius 2 is 2.07 bits per heavy atom. The fourth-order valence-electron chi connectivity index (χ4n) is 2.68. The normalized spacial score (nSPS) is 19.8. The third kappa shape index (κ3) is 1.08. The topological polar surface area (TPSA) is 20.2 Å². The van der Waals surface area contributed by atoms with Crippen LogP contribution in [0.3, 0.4) is 0 Å². The lowest BCUT2D eigenvalue weighted by Gasteiger charge is -2.11. The van der Waals surface area contributed by atoms with Gasteiger partial charge in [0.2, 0.25) is 0 Å². The molecular formula is C13H16O. The number of phenolic OH excluding ortho intramolecular Hbond substituents is 1. The number of benzene rings is 1. The lowest BCUT2D eigenvalue weighted by atomic mass is 9.97. The van der Waals surface area contributed by atoms with E-state index in [4.69, 9.17) is 0 Å². The Hall–Kier alpha value is -0.980. The summed E-state index contributed by atoms with van der Waals surface area (Å²) in [5, 5.41) is 10.1. The lowest BCUT2D eigenvalue weighted by molar-refractivity contribution is 0.463. The van der Waals surface area contributed by atoms with E-state index in [1.54, 1.807) is 0 Å². The van der Waals surface area contributed by atoms with E-state index in [-0.39, 0.29) is 0 Å². The highest BCUT2D eigenvalue weighted by molar-refractivity contribution is 5.53. The number of fused-ring (bicyclic) bond motifs is 1. The van der Waals surface area contributed by atoms with E-state index >= 15 is 0 Å². The zero-order valence-electron chi connectivity index (χ0n) is 8.64. The van der Waals surface area contributed by atoms with Gasteiger partial charge in [-0.3, -0.25) is 0 Å². The highest BCUT2D eigenvalue weighted by atomic mass is 16.3. The third-order valence-electron chi connectivity index (χ3n) is 3.69. The van der Waals surface area contributed by atoms with Crippen molar-refractivity contribution in [2.24, 2.45) is 0 Å². The standard InChI is InChI=1S/C13H16O/c1-8-11-4-2-3-10(11)7-12(13(8)14)9-5-6-9/h7,9,14H,2-6H2,1H3. The van der Waals surface area contributed by atoms with Crippen LogP contribution in [0.2, 0.25) is 0 Å². The molecule has 0 atom stereocenters. The number of aromatic hydroxyl groups is 1. The minimum Gasteiger partial charge on any atom is -0.507 e. The van der Waals surface area contributed by atoms with Gasteiger partial charge in [0.25, 0.3) is 0 Å². The van der Waals surface area contributed by atoms with E-state index in [0.717, 1.165) is 5.56 Å². The van der Waals surface area contributed by atoms with Gasteiger partial charge in [-0.2, -0.15) is 0 Å². The van der Waals surface area contributed by atoms with Crippen molar-refractivity contribution in [3.05, 3.63) is 28.3 Å². The first-order valence-corrected chi connectivity index (χ1v) is 5.61. The van der Waals surface area contributed by atoms with Crippen molar-refractivity contribution in [2.75, 3.05) is 0 Å². The van der Waals surface area contributed by atoms with Crippen molar-refractivity contribution in [2.45, 2.75) is 44.9 Å². The number of aryl methyl sites for hydroxylation is 1. The van der Waals surface area contributed by atoms with E-state index in [1.807, 2.05) is 0 Å². The molecule has 0 spiro atoms. The molecule has 3 rings (SSSR count). The van der Waals surface area contributed by atoms with E-state index < -0.39 is 0 Å². The Labute approximate surface area is 84.8 Å². The smallest absolute Gasteiger partial charge is 0.122 e. The second-order valence-electron chi connectivity index (χ2n) is 4.70. The number of hydrogen-bond donors (Lipinski definition) is 1. The SMILES string of the molecule is Cc1c(O)c(C2CC2)cc2c1CCC2. The van der Waals surface area contributed by atoms with Crippen LogP contribution in [0.5, 0.6) is 5.75 Å². The summed E-state index contributed by atoms with van der Waals surface area (Å²) >= 11 is 0. The molecule has 1 heteroatoms. The second kappa shape index (κ2) is 2.75. The molecule has 0 heterocycles. The van der Waals surface area contributed by atoms with Crippen molar-refractivity contribution in [1.82, 2.24) is 0 Å². The third-order valence-corrected chi connectivity index (χ3v) is 3.69. The minimum atomic E-state index is 0.591. The maximum Gasteiger partial charge on any atom is 0.122 e. The van der Waals surface area contributed by atoms with Gasteiger partial charge < -0.3 is 5.11 Å². The quantitative estimate of drug-likeness (QED) is 0.718. The highest BCUT2D eigenvalue weighted by Gasteiger charge is 2.29. The molecule has 0 amide bonds. The van der Waals surface area contributed by atoms with Gasteiger partial charge in [0.05, 0.1) is 0 Å². The van der Waals surface area contributed by atoms with Crippen LogP contribution in [-0.2, 0) is 12.8 Å². The van der Waals surface area contributed by atoms with Gasteiger partial charge in [0, 0.05) is 0 Å². The molecule has 1 fully saturated rings. The van der Waals surface area contributed by atoms with Gasteiger partial charge in [-0.25, -0.2) is 0 Å². The average molecular weight is 188 g/mol. The first kappa shape index (κ1) is 8.34. The van der Waals surface area contributed by atoms with Gasteiger partial charge >= 0.3 is 0 Å². The van der Waals surface area contributed by atoms with Gasteiger partial charge in [0.1, 0.15) is 5.75 Å². The Morgan fingerprint density at radius 3 is 2.79 bits per heavy atom.